The summed E-state index contributed by atoms with van der Waals surface area (Å²) in [5.41, 5.74) is 0. The van der Waals surface area contributed by atoms with Crippen molar-refractivity contribution in [3.05, 3.63) is 12.2 Å². The molecule has 0 rings (SSSR count). The van der Waals surface area contributed by atoms with Gasteiger partial charge in [0.05, 0.1) is 34.4 Å². The van der Waals surface area contributed by atoms with Gasteiger partial charge in [-0.3, -0.25) is 9.59 Å². The summed E-state index contributed by atoms with van der Waals surface area (Å²) in [6.45, 7) is 4.76. The van der Waals surface area contributed by atoms with Gasteiger partial charge in [-0.25, -0.2) is 4.79 Å². The van der Waals surface area contributed by atoms with Crippen LogP contribution in [0.1, 0.15) is 258 Å². The number of carboxylic acids is 1. The molecule has 0 aromatic rings. The summed E-state index contributed by atoms with van der Waals surface area (Å²) in [6, 6.07) is -0.613. The molecule has 0 saturated carbocycles. The first-order valence-corrected chi connectivity index (χ1v) is 26.2. The third-order valence-electron chi connectivity index (χ3n) is 12.2. The van der Waals surface area contributed by atoms with E-state index in [0.29, 0.717) is 19.3 Å². The fraction of sp³-hybridized carbons (Fsp3) is 0.906. The summed E-state index contributed by atoms with van der Waals surface area (Å²) in [5.74, 6) is -1.47. The van der Waals surface area contributed by atoms with Gasteiger partial charge in [-0.05, 0) is 38.5 Å². The first-order chi connectivity index (χ1) is 29.6. The van der Waals surface area contributed by atoms with Crippen LogP contribution in [0.5, 0.6) is 0 Å². The van der Waals surface area contributed by atoms with Crippen LogP contribution in [0.4, 0.5) is 0 Å². The highest BCUT2D eigenvalue weighted by atomic mass is 16.6. The van der Waals surface area contributed by atoms with Gasteiger partial charge in [0.1, 0.15) is 6.61 Å². The van der Waals surface area contributed by atoms with Crippen molar-refractivity contribution >= 4 is 17.9 Å². The number of allylic oxidation sites excluding steroid dienone is 2. The number of ether oxygens (including phenoxy) is 3. The van der Waals surface area contributed by atoms with E-state index >= 15 is 0 Å². The van der Waals surface area contributed by atoms with Crippen molar-refractivity contribution in [1.29, 1.82) is 0 Å². The molecule has 8 nitrogen and oxygen atoms in total. The molecule has 2 unspecified atom stereocenters. The van der Waals surface area contributed by atoms with Crippen LogP contribution in [0.3, 0.4) is 0 Å². The number of carbonyl (C=O) groups is 3. The van der Waals surface area contributed by atoms with Crippen LogP contribution < -0.4 is 0 Å². The Bertz CT molecular complexity index is 1010. The molecule has 61 heavy (non-hydrogen) atoms. The molecule has 0 aromatic heterocycles. The predicted molar refractivity (Wildman–Crippen MR) is 257 cm³/mol. The van der Waals surface area contributed by atoms with E-state index in [-0.39, 0.29) is 36.2 Å². The first-order valence-electron chi connectivity index (χ1n) is 26.2. The molecule has 0 spiro atoms. The van der Waals surface area contributed by atoms with E-state index in [9.17, 15) is 19.5 Å². The minimum atomic E-state index is -0.873. The maximum absolute atomic E-state index is 12.8. The molecule has 8 heteroatoms. The molecule has 0 saturated heterocycles. The molecule has 1 N–H and O–H groups in total. The lowest BCUT2D eigenvalue weighted by molar-refractivity contribution is -0.887. The largest absolute Gasteiger partial charge is 0.477 e. The summed E-state index contributed by atoms with van der Waals surface area (Å²) in [4.78, 5) is 37.1. The lowest BCUT2D eigenvalue weighted by Crippen LogP contribution is -2.50. The Labute approximate surface area is 378 Å². The Morgan fingerprint density at radius 3 is 1.20 bits per heavy atom. The van der Waals surface area contributed by atoms with Crippen LogP contribution in [0.15, 0.2) is 12.2 Å². The number of esters is 2. The van der Waals surface area contributed by atoms with Crippen molar-refractivity contribution in [2.75, 3.05) is 41.0 Å². The Morgan fingerprint density at radius 1 is 0.475 bits per heavy atom. The summed E-state index contributed by atoms with van der Waals surface area (Å²) in [5, 5.41) is 9.64. The number of rotatable bonds is 48. The standard InChI is InChI=1S/C53H101NO7/c1-6-8-10-12-14-16-18-20-22-23-24-25-26-27-28-29-30-32-33-35-37-39-41-43-51(55)60-48-49(47-59-46-45-50(53(57)58)54(3,4)5)61-52(56)44-42-40-38-36-34-31-21-19-17-15-13-11-9-7-2/h31,34,49-50H,6-30,32-33,35-48H2,1-5H3/p+1/b34-31+. The highest BCUT2D eigenvalue weighted by Gasteiger charge is 2.31. The van der Waals surface area contributed by atoms with Crippen molar-refractivity contribution in [2.24, 2.45) is 0 Å². The monoisotopic (exact) mass is 865 g/mol. The average molecular weight is 865 g/mol. The van der Waals surface area contributed by atoms with Gasteiger partial charge >= 0.3 is 17.9 Å². The molecule has 0 aromatic carbocycles. The van der Waals surface area contributed by atoms with Gasteiger partial charge in [0.2, 0.25) is 0 Å². The quantitative estimate of drug-likeness (QED) is 0.0281. The van der Waals surface area contributed by atoms with E-state index in [1.165, 1.54) is 173 Å². The van der Waals surface area contributed by atoms with Gasteiger partial charge in [0.15, 0.2) is 12.1 Å². The molecule has 360 valence electrons. The summed E-state index contributed by atoms with van der Waals surface area (Å²) in [7, 11) is 5.54. The van der Waals surface area contributed by atoms with E-state index in [2.05, 4.69) is 26.0 Å². The van der Waals surface area contributed by atoms with Crippen LogP contribution >= 0.6 is 0 Å². The number of hydrogen-bond acceptors (Lipinski definition) is 6. The minimum Gasteiger partial charge on any atom is -0.477 e. The van der Waals surface area contributed by atoms with Gasteiger partial charge in [-0.1, -0.05) is 212 Å². The molecular formula is C53H102NO7+. The maximum atomic E-state index is 12.8. The van der Waals surface area contributed by atoms with Crippen molar-refractivity contribution in [1.82, 2.24) is 0 Å². The Balaban J connectivity index is 4.14. The number of aliphatic carboxylic acids is 1. The van der Waals surface area contributed by atoms with Gasteiger partial charge in [-0.15, -0.1) is 0 Å². The van der Waals surface area contributed by atoms with Crippen LogP contribution in [0.25, 0.3) is 0 Å². The number of likely N-dealkylation sites (N-methyl/N-ethyl adjacent to an activating group) is 1. The second-order valence-electron chi connectivity index (χ2n) is 19.1. The summed E-state index contributed by atoms with van der Waals surface area (Å²) < 4.78 is 17.3. The molecule has 0 amide bonds. The third kappa shape index (κ3) is 43.1. The van der Waals surface area contributed by atoms with Crippen LogP contribution in [-0.2, 0) is 28.6 Å². The molecule has 0 radical (unpaired) electrons. The number of carboxylic acid groups (broad SMARTS) is 1. The molecule has 2 atom stereocenters. The molecule has 0 aliphatic rings. The average Bonchev–Trinajstić information content (AvgIpc) is 3.22. The summed E-state index contributed by atoms with van der Waals surface area (Å²) in [6.07, 6.45) is 49.8. The molecule has 0 fully saturated rings. The number of hydrogen-bond donors (Lipinski definition) is 1. The van der Waals surface area contributed by atoms with Crippen molar-refractivity contribution in [3.63, 3.8) is 0 Å². The summed E-state index contributed by atoms with van der Waals surface area (Å²) >= 11 is 0. The lowest BCUT2D eigenvalue weighted by atomic mass is 10.0. The molecule has 0 heterocycles. The van der Waals surface area contributed by atoms with E-state index in [1.807, 2.05) is 21.1 Å². The lowest BCUT2D eigenvalue weighted by Gasteiger charge is -2.31. The predicted octanol–water partition coefficient (Wildman–Crippen LogP) is 15.0. The minimum absolute atomic E-state index is 0.0504. The molecule has 0 aliphatic carbocycles. The normalized spacial score (nSPS) is 12.9. The van der Waals surface area contributed by atoms with Gasteiger partial charge in [0, 0.05) is 19.3 Å². The van der Waals surface area contributed by atoms with Crippen LogP contribution in [0, 0.1) is 0 Å². The van der Waals surface area contributed by atoms with Crippen LogP contribution in [-0.4, -0.2) is 80.6 Å². The second kappa shape index (κ2) is 44.7. The number of unbranched alkanes of at least 4 members (excludes halogenated alkanes) is 32. The highest BCUT2D eigenvalue weighted by molar-refractivity contribution is 5.72. The van der Waals surface area contributed by atoms with E-state index < -0.39 is 18.1 Å². The fourth-order valence-corrected chi connectivity index (χ4v) is 8.09. The topological polar surface area (TPSA) is 99.1 Å². The zero-order chi connectivity index (χ0) is 44.9. The van der Waals surface area contributed by atoms with Crippen molar-refractivity contribution < 1.29 is 38.2 Å². The zero-order valence-corrected chi connectivity index (χ0v) is 41.1. The number of nitrogens with zero attached hydrogens (tertiary/aromatic N) is 1. The number of carbonyl (C=O) groups excluding carboxylic acids is 2. The van der Waals surface area contributed by atoms with Crippen LogP contribution in [0.2, 0.25) is 0 Å². The van der Waals surface area contributed by atoms with E-state index in [4.69, 9.17) is 14.2 Å². The van der Waals surface area contributed by atoms with Gasteiger partial charge < -0.3 is 23.8 Å². The van der Waals surface area contributed by atoms with Crippen molar-refractivity contribution in [2.45, 2.75) is 270 Å². The number of quaternary nitrogens is 1. The second-order valence-corrected chi connectivity index (χ2v) is 19.1. The fourth-order valence-electron chi connectivity index (χ4n) is 8.09. The zero-order valence-electron chi connectivity index (χ0n) is 41.1. The Kier molecular flexibility index (Phi) is 43.3. The maximum Gasteiger partial charge on any atom is 0.362 e. The highest BCUT2D eigenvalue weighted by Crippen LogP contribution is 2.17. The molecule has 0 aliphatic heterocycles. The van der Waals surface area contributed by atoms with E-state index in [0.717, 1.165) is 51.4 Å². The first kappa shape index (κ1) is 59.1. The smallest absolute Gasteiger partial charge is 0.362 e. The Morgan fingerprint density at radius 2 is 0.820 bits per heavy atom. The van der Waals surface area contributed by atoms with Gasteiger partial charge in [-0.2, -0.15) is 0 Å². The third-order valence-corrected chi connectivity index (χ3v) is 12.2. The van der Waals surface area contributed by atoms with Crippen molar-refractivity contribution in [3.8, 4) is 0 Å². The van der Waals surface area contributed by atoms with E-state index in [1.54, 1.807) is 0 Å². The Hall–Kier alpha value is -1.93. The SMILES string of the molecule is CCCCCCCCC/C=C/CCCCCC(=O)OC(COCCC(C(=O)O)[N+](C)(C)C)COC(=O)CCCCCCCCCCCCCCCCCCCCCCCCC. The molecule has 0 bridgehead atoms. The van der Waals surface area contributed by atoms with Gasteiger partial charge in [0.25, 0.3) is 0 Å². The molecular weight excluding hydrogens is 763 g/mol.